The zero-order valence-corrected chi connectivity index (χ0v) is 12.7. The molecule has 0 atom stereocenters. The van der Waals surface area contributed by atoms with Gasteiger partial charge in [-0.05, 0) is 19.9 Å². The van der Waals surface area contributed by atoms with Gasteiger partial charge >= 0.3 is 0 Å². The van der Waals surface area contributed by atoms with Gasteiger partial charge in [0.1, 0.15) is 0 Å². The molecule has 1 amide bonds. The van der Waals surface area contributed by atoms with Crippen molar-refractivity contribution < 1.29 is 9.53 Å². The molecule has 0 unspecified atom stereocenters. The van der Waals surface area contributed by atoms with Crippen LogP contribution in [0.15, 0.2) is 5.38 Å². The topological polar surface area (TPSA) is 66.5 Å². The first-order chi connectivity index (χ1) is 9.74. The Balaban J connectivity index is 1.51. The van der Waals surface area contributed by atoms with E-state index in [-0.39, 0.29) is 5.91 Å². The minimum Gasteiger partial charge on any atom is -0.379 e. The number of morpholine rings is 1. The maximum Gasteiger partial charge on any atom is 0.234 e. The highest BCUT2D eigenvalue weighted by atomic mass is 32.1. The van der Waals surface area contributed by atoms with Gasteiger partial charge in [0.05, 0.1) is 30.5 Å². The first-order valence-electron chi connectivity index (χ1n) is 6.97. The number of nitrogens with zero attached hydrogens (tertiary/aromatic N) is 2. The van der Waals surface area contributed by atoms with E-state index >= 15 is 0 Å². The Morgan fingerprint density at radius 3 is 3.00 bits per heavy atom. The van der Waals surface area contributed by atoms with Gasteiger partial charge < -0.3 is 4.74 Å². The van der Waals surface area contributed by atoms with E-state index in [2.05, 4.69) is 20.7 Å². The number of aryl methyl sites for hydroxylation is 1. The number of ether oxygens (including phenoxy) is 1. The zero-order valence-electron chi connectivity index (χ0n) is 11.9. The molecule has 1 aliphatic heterocycles. The van der Waals surface area contributed by atoms with Crippen molar-refractivity contribution in [2.75, 3.05) is 32.8 Å². The quantitative estimate of drug-likeness (QED) is 0.725. The van der Waals surface area contributed by atoms with Crippen molar-refractivity contribution in [1.29, 1.82) is 0 Å². The van der Waals surface area contributed by atoms with Crippen LogP contribution in [0.5, 0.6) is 0 Å². The lowest BCUT2D eigenvalue weighted by atomic mass is 10.2. The lowest BCUT2D eigenvalue weighted by Gasteiger charge is -2.26. The van der Waals surface area contributed by atoms with Crippen molar-refractivity contribution >= 4 is 17.2 Å². The summed E-state index contributed by atoms with van der Waals surface area (Å²) in [5.74, 6) is 0.0326. The van der Waals surface area contributed by atoms with Gasteiger partial charge in [0, 0.05) is 24.9 Å². The van der Waals surface area contributed by atoms with Crippen LogP contribution in [0.25, 0.3) is 0 Å². The number of nitrogens with one attached hydrogen (secondary N) is 2. The SMILES string of the molecule is Cc1nc(CNNC(=O)CCCN2CCOCC2)cs1. The molecule has 1 aromatic rings. The molecule has 0 aliphatic carbocycles. The summed E-state index contributed by atoms with van der Waals surface area (Å²) in [6.45, 7) is 7.06. The van der Waals surface area contributed by atoms with Crippen LogP contribution in [0.4, 0.5) is 0 Å². The maximum absolute atomic E-state index is 11.6. The number of hydrogen-bond acceptors (Lipinski definition) is 6. The molecule has 6 nitrogen and oxygen atoms in total. The summed E-state index contributed by atoms with van der Waals surface area (Å²) in [5.41, 5.74) is 6.58. The van der Waals surface area contributed by atoms with E-state index < -0.39 is 0 Å². The van der Waals surface area contributed by atoms with Crippen molar-refractivity contribution in [3.05, 3.63) is 16.1 Å². The molecule has 20 heavy (non-hydrogen) atoms. The Hall–Kier alpha value is -1.02. The van der Waals surface area contributed by atoms with Crippen molar-refractivity contribution in [3.8, 4) is 0 Å². The number of hydrogen-bond donors (Lipinski definition) is 2. The lowest BCUT2D eigenvalue weighted by molar-refractivity contribution is -0.122. The molecule has 112 valence electrons. The second-order valence-electron chi connectivity index (χ2n) is 4.82. The molecular formula is C13H22N4O2S. The van der Waals surface area contributed by atoms with Crippen LogP contribution in [0.1, 0.15) is 23.5 Å². The molecule has 1 fully saturated rings. The Morgan fingerprint density at radius 1 is 1.50 bits per heavy atom. The molecule has 2 N–H and O–H groups in total. The fourth-order valence-electron chi connectivity index (χ4n) is 2.07. The first kappa shape index (κ1) is 15.4. The Labute approximate surface area is 123 Å². The van der Waals surface area contributed by atoms with Gasteiger partial charge in [-0.25, -0.2) is 10.4 Å². The predicted octanol–water partition coefficient (Wildman–Crippen LogP) is 0.685. The molecule has 0 saturated carbocycles. The second kappa shape index (κ2) is 8.31. The summed E-state index contributed by atoms with van der Waals surface area (Å²) < 4.78 is 5.29. The normalized spacial score (nSPS) is 16.2. The minimum absolute atomic E-state index is 0.0326. The molecule has 0 spiro atoms. The van der Waals surface area contributed by atoms with Gasteiger partial charge in [-0.2, -0.15) is 0 Å². The number of carbonyl (C=O) groups is 1. The van der Waals surface area contributed by atoms with Crippen LogP contribution < -0.4 is 10.9 Å². The van der Waals surface area contributed by atoms with E-state index in [0.29, 0.717) is 13.0 Å². The standard InChI is InChI=1S/C13H22N4O2S/c1-11-15-12(10-20-11)9-14-16-13(18)3-2-4-17-5-7-19-8-6-17/h10,14H,2-9H2,1H3,(H,16,18). The van der Waals surface area contributed by atoms with Crippen LogP contribution in [-0.2, 0) is 16.1 Å². The third kappa shape index (κ3) is 5.54. The molecule has 1 aliphatic rings. The summed E-state index contributed by atoms with van der Waals surface area (Å²) in [6.07, 6.45) is 1.42. The smallest absolute Gasteiger partial charge is 0.234 e. The molecular weight excluding hydrogens is 276 g/mol. The summed E-state index contributed by atoms with van der Waals surface area (Å²) in [7, 11) is 0. The molecule has 1 aromatic heterocycles. The largest absolute Gasteiger partial charge is 0.379 e. The highest BCUT2D eigenvalue weighted by Crippen LogP contribution is 2.06. The number of thiazole rings is 1. The summed E-state index contributed by atoms with van der Waals surface area (Å²) in [4.78, 5) is 18.3. The van der Waals surface area contributed by atoms with E-state index in [9.17, 15) is 4.79 Å². The molecule has 0 aromatic carbocycles. The predicted molar refractivity (Wildman–Crippen MR) is 78.3 cm³/mol. The van der Waals surface area contributed by atoms with E-state index in [4.69, 9.17) is 4.74 Å². The number of hydrazine groups is 1. The number of aromatic nitrogens is 1. The zero-order chi connectivity index (χ0) is 14.2. The van der Waals surface area contributed by atoms with Crippen LogP contribution in [0.3, 0.4) is 0 Å². The first-order valence-corrected chi connectivity index (χ1v) is 7.85. The average molecular weight is 298 g/mol. The third-order valence-electron chi connectivity index (χ3n) is 3.15. The second-order valence-corrected chi connectivity index (χ2v) is 5.88. The maximum atomic E-state index is 11.6. The molecule has 7 heteroatoms. The summed E-state index contributed by atoms with van der Waals surface area (Å²) in [5, 5.41) is 3.03. The van der Waals surface area contributed by atoms with Gasteiger partial charge in [0.15, 0.2) is 0 Å². The van der Waals surface area contributed by atoms with Crippen LogP contribution in [-0.4, -0.2) is 48.6 Å². The Kier molecular flexibility index (Phi) is 6.38. The molecule has 1 saturated heterocycles. The van der Waals surface area contributed by atoms with Crippen molar-refractivity contribution in [3.63, 3.8) is 0 Å². The van der Waals surface area contributed by atoms with Crippen molar-refractivity contribution in [2.45, 2.75) is 26.3 Å². The lowest BCUT2D eigenvalue weighted by Crippen LogP contribution is -2.39. The van der Waals surface area contributed by atoms with Crippen molar-refractivity contribution in [2.24, 2.45) is 0 Å². The molecule has 0 bridgehead atoms. The fourth-order valence-corrected chi connectivity index (χ4v) is 2.69. The van der Waals surface area contributed by atoms with Gasteiger partial charge in [-0.3, -0.25) is 15.1 Å². The molecule has 0 radical (unpaired) electrons. The highest BCUT2D eigenvalue weighted by molar-refractivity contribution is 7.09. The Bertz CT molecular complexity index is 418. The van der Waals surface area contributed by atoms with E-state index in [1.54, 1.807) is 11.3 Å². The average Bonchev–Trinajstić information content (AvgIpc) is 2.86. The number of carbonyl (C=O) groups excluding carboxylic acids is 1. The van der Waals surface area contributed by atoms with Gasteiger partial charge in [-0.1, -0.05) is 0 Å². The van der Waals surface area contributed by atoms with E-state index in [1.165, 1.54) is 0 Å². The van der Waals surface area contributed by atoms with Gasteiger partial charge in [-0.15, -0.1) is 11.3 Å². The van der Waals surface area contributed by atoms with Gasteiger partial charge in [0.25, 0.3) is 0 Å². The Morgan fingerprint density at radius 2 is 2.30 bits per heavy atom. The van der Waals surface area contributed by atoms with Gasteiger partial charge in [0.2, 0.25) is 5.91 Å². The minimum atomic E-state index is 0.0326. The summed E-state index contributed by atoms with van der Waals surface area (Å²) in [6, 6.07) is 0. The van der Waals surface area contributed by atoms with Crippen molar-refractivity contribution in [1.82, 2.24) is 20.7 Å². The highest BCUT2D eigenvalue weighted by Gasteiger charge is 2.10. The van der Waals surface area contributed by atoms with E-state index in [1.807, 2.05) is 12.3 Å². The summed E-state index contributed by atoms with van der Waals surface area (Å²) >= 11 is 1.61. The fraction of sp³-hybridized carbons (Fsp3) is 0.692. The van der Waals surface area contributed by atoms with Crippen LogP contribution >= 0.6 is 11.3 Å². The number of amides is 1. The van der Waals surface area contributed by atoms with Crippen LogP contribution in [0, 0.1) is 6.92 Å². The molecule has 2 rings (SSSR count). The van der Waals surface area contributed by atoms with E-state index in [0.717, 1.165) is 50.0 Å². The number of rotatable bonds is 7. The molecule has 2 heterocycles. The van der Waals surface area contributed by atoms with Crippen LogP contribution in [0.2, 0.25) is 0 Å². The third-order valence-corrected chi connectivity index (χ3v) is 3.97. The monoisotopic (exact) mass is 298 g/mol.